The first kappa shape index (κ1) is 16.9. The lowest BCUT2D eigenvalue weighted by atomic mass is 10.3. The van der Waals surface area contributed by atoms with Gasteiger partial charge in [-0.2, -0.15) is 26.7 Å². The van der Waals surface area contributed by atoms with Gasteiger partial charge >= 0.3 is 6.18 Å². The Hall–Kier alpha value is -2.50. The average molecular weight is 349 g/mol. The van der Waals surface area contributed by atoms with Gasteiger partial charge in [-0.25, -0.2) is 9.71 Å². The van der Waals surface area contributed by atoms with E-state index < -0.39 is 38.9 Å². The molecule has 0 fully saturated rings. The minimum atomic E-state index is -4.66. The molecule has 124 valence electrons. The molecular formula is C11H10F3N5O3S. The first-order chi connectivity index (χ1) is 10.6. The Labute approximate surface area is 128 Å². The number of hydrogen-bond donors (Lipinski definition) is 1. The van der Waals surface area contributed by atoms with Crippen LogP contribution in [0.3, 0.4) is 0 Å². The van der Waals surface area contributed by atoms with Crippen LogP contribution in [-0.4, -0.2) is 34.1 Å². The molecule has 23 heavy (non-hydrogen) atoms. The molecule has 2 rings (SSSR count). The van der Waals surface area contributed by atoms with Crippen molar-refractivity contribution in [1.82, 2.24) is 24.5 Å². The summed E-state index contributed by atoms with van der Waals surface area (Å²) in [6, 6.07) is -0.599. The van der Waals surface area contributed by atoms with Crippen molar-refractivity contribution in [3.8, 4) is 0 Å². The molecule has 0 aliphatic rings. The number of halogens is 3. The summed E-state index contributed by atoms with van der Waals surface area (Å²) in [4.78, 5) is 19.0. The van der Waals surface area contributed by atoms with Gasteiger partial charge in [0.05, 0.1) is 6.20 Å². The number of hydrogen-bond acceptors (Lipinski definition) is 6. The molecule has 2 aromatic rings. The number of nitrogens with zero attached hydrogens (tertiary/aromatic N) is 4. The average Bonchev–Trinajstić information content (AvgIpc) is 2.96. The summed E-state index contributed by atoms with van der Waals surface area (Å²) in [7, 11) is -4.27. The van der Waals surface area contributed by atoms with Gasteiger partial charge in [0.1, 0.15) is 6.04 Å². The maximum Gasteiger partial charge on any atom is 0.435 e. The Morgan fingerprint density at radius 2 is 2.04 bits per heavy atom. The Kier molecular flexibility index (Phi) is 4.36. The number of aromatic nitrogens is 4. The third-order valence-corrected chi connectivity index (χ3v) is 3.96. The molecule has 1 amide bonds. The van der Waals surface area contributed by atoms with Gasteiger partial charge < -0.3 is 0 Å². The van der Waals surface area contributed by atoms with Gasteiger partial charge in [-0.15, -0.1) is 0 Å². The van der Waals surface area contributed by atoms with Gasteiger partial charge in [-0.1, -0.05) is 0 Å². The van der Waals surface area contributed by atoms with E-state index in [0.29, 0.717) is 10.7 Å². The van der Waals surface area contributed by atoms with Crippen LogP contribution in [0.5, 0.6) is 0 Å². The first-order valence-electron chi connectivity index (χ1n) is 6.06. The summed E-state index contributed by atoms with van der Waals surface area (Å²) in [5, 5.41) is 2.72. The highest BCUT2D eigenvalue weighted by molar-refractivity contribution is 7.90. The largest absolute Gasteiger partial charge is 0.435 e. The zero-order chi connectivity index (χ0) is 17.3. The van der Waals surface area contributed by atoms with Gasteiger partial charge in [-0.3, -0.25) is 14.5 Å². The molecule has 8 nitrogen and oxygen atoms in total. The molecule has 12 heteroatoms. The molecule has 0 radical (unpaired) electrons. The van der Waals surface area contributed by atoms with E-state index in [1.54, 1.807) is 4.72 Å². The predicted molar refractivity (Wildman–Crippen MR) is 69.3 cm³/mol. The highest BCUT2D eigenvalue weighted by Gasteiger charge is 2.34. The number of nitrogens with one attached hydrogen (secondary N) is 1. The number of alkyl halides is 3. The molecule has 0 aromatic carbocycles. The fraction of sp³-hybridized carbons (Fsp3) is 0.273. The lowest BCUT2D eigenvalue weighted by Gasteiger charge is -2.12. The zero-order valence-electron chi connectivity index (χ0n) is 11.5. The quantitative estimate of drug-likeness (QED) is 0.873. The molecule has 0 aliphatic carbocycles. The van der Waals surface area contributed by atoms with Crippen LogP contribution in [0.4, 0.5) is 13.2 Å². The van der Waals surface area contributed by atoms with E-state index in [2.05, 4.69) is 15.1 Å². The predicted octanol–water partition coefficient (Wildman–Crippen LogP) is 0.758. The monoisotopic (exact) mass is 349 g/mol. The Morgan fingerprint density at radius 3 is 2.57 bits per heavy atom. The fourth-order valence-electron chi connectivity index (χ4n) is 1.52. The summed E-state index contributed by atoms with van der Waals surface area (Å²) < 4.78 is 63.6. The highest BCUT2D eigenvalue weighted by atomic mass is 32.2. The number of sulfonamides is 1. The normalized spacial score (nSPS) is 13.6. The second-order valence-corrected chi connectivity index (χ2v) is 6.00. The molecule has 2 heterocycles. The molecule has 1 N–H and O–H groups in total. The Morgan fingerprint density at radius 1 is 1.35 bits per heavy atom. The summed E-state index contributed by atoms with van der Waals surface area (Å²) in [5.41, 5.74) is -1.19. The maximum absolute atomic E-state index is 12.5. The summed E-state index contributed by atoms with van der Waals surface area (Å²) in [6.07, 6.45) is -0.442. The van der Waals surface area contributed by atoms with Crippen molar-refractivity contribution < 1.29 is 26.4 Å². The molecular weight excluding hydrogens is 339 g/mol. The molecule has 0 saturated carbocycles. The second kappa shape index (κ2) is 5.95. The highest BCUT2D eigenvalue weighted by Crippen LogP contribution is 2.27. The fourth-order valence-corrected chi connectivity index (χ4v) is 2.46. The standard InChI is InChI=1S/C11H10F3N5O3S/c1-7(19-5-2-8(17-19)11(12,13)14)10(20)18-23(21,22)9-6-15-3-4-16-9/h2-7H,1H3,(H,18,20). The second-order valence-electron chi connectivity index (χ2n) is 4.37. The summed E-state index contributed by atoms with van der Waals surface area (Å²) in [5.74, 6) is -1.06. The van der Waals surface area contributed by atoms with E-state index in [1.165, 1.54) is 13.1 Å². The zero-order valence-corrected chi connectivity index (χ0v) is 12.3. The van der Waals surface area contributed by atoms with E-state index in [4.69, 9.17) is 0 Å². The third kappa shape index (κ3) is 3.83. The van der Waals surface area contributed by atoms with Crippen molar-refractivity contribution in [2.45, 2.75) is 24.2 Å². The van der Waals surface area contributed by atoms with Crippen LogP contribution in [0.25, 0.3) is 0 Å². The number of rotatable bonds is 4. The first-order valence-corrected chi connectivity index (χ1v) is 7.54. The van der Waals surface area contributed by atoms with Crippen LogP contribution in [0.15, 0.2) is 35.9 Å². The van der Waals surface area contributed by atoms with E-state index in [-0.39, 0.29) is 0 Å². The van der Waals surface area contributed by atoms with Gasteiger partial charge in [-0.05, 0) is 13.0 Å². The maximum atomic E-state index is 12.5. The van der Waals surface area contributed by atoms with E-state index in [9.17, 15) is 26.4 Å². The van der Waals surface area contributed by atoms with Crippen LogP contribution in [-0.2, 0) is 21.0 Å². The molecule has 0 saturated heterocycles. The van der Waals surface area contributed by atoms with E-state index in [0.717, 1.165) is 18.6 Å². The van der Waals surface area contributed by atoms with Gasteiger partial charge in [0.2, 0.25) is 0 Å². The van der Waals surface area contributed by atoms with Crippen molar-refractivity contribution in [1.29, 1.82) is 0 Å². The summed E-state index contributed by atoms with van der Waals surface area (Å²) >= 11 is 0. The topological polar surface area (TPSA) is 107 Å². The van der Waals surface area contributed by atoms with Crippen molar-refractivity contribution in [3.05, 3.63) is 36.5 Å². The van der Waals surface area contributed by atoms with Gasteiger partial charge in [0.25, 0.3) is 15.9 Å². The van der Waals surface area contributed by atoms with Crippen molar-refractivity contribution in [3.63, 3.8) is 0 Å². The molecule has 1 unspecified atom stereocenters. The Bertz CT molecular complexity index is 804. The van der Waals surface area contributed by atoms with Crippen molar-refractivity contribution in [2.75, 3.05) is 0 Å². The minimum Gasteiger partial charge on any atom is -0.272 e. The van der Waals surface area contributed by atoms with Gasteiger partial charge in [0.15, 0.2) is 10.7 Å². The van der Waals surface area contributed by atoms with Crippen LogP contribution >= 0.6 is 0 Å². The SMILES string of the molecule is CC(C(=O)NS(=O)(=O)c1cnccn1)n1ccc(C(F)(F)F)n1. The molecule has 0 bridgehead atoms. The van der Waals surface area contributed by atoms with Crippen LogP contribution in [0, 0.1) is 0 Å². The smallest absolute Gasteiger partial charge is 0.272 e. The molecule has 2 aromatic heterocycles. The minimum absolute atomic E-state index is 0.489. The Balaban J connectivity index is 2.16. The molecule has 0 spiro atoms. The van der Waals surface area contributed by atoms with Crippen molar-refractivity contribution >= 4 is 15.9 Å². The number of amides is 1. The van der Waals surface area contributed by atoms with E-state index >= 15 is 0 Å². The number of carbonyl (C=O) groups is 1. The van der Waals surface area contributed by atoms with Crippen LogP contribution in [0.2, 0.25) is 0 Å². The number of carbonyl (C=O) groups excluding carboxylic acids is 1. The van der Waals surface area contributed by atoms with E-state index in [1.807, 2.05) is 0 Å². The van der Waals surface area contributed by atoms with Crippen LogP contribution in [0.1, 0.15) is 18.7 Å². The molecule has 1 atom stereocenters. The molecule has 0 aliphatic heterocycles. The van der Waals surface area contributed by atoms with Crippen molar-refractivity contribution in [2.24, 2.45) is 0 Å². The van der Waals surface area contributed by atoms with Crippen LogP contribution < -0.4 is 4.72 Å². The lowest BCUT2D eigenvalue weighted by Crippen LogP contribution is -2.36. The third-order valence-electron chi connectivity index (χ3n) is 2.72. The summed E-state index contributed by atoms with van der Waals surface area (Å²) in [6.45, 7) is 1.20. The lowest BCUT2D eigenvalue weighted by molar-refractivity contribution is -0.142. The van der Waals surface area contributed by atoms with Gasteiger partial charge in [0, 0.05) is 18.6 Å².